The second-order valence-corrected chi connectivity index (χ2v) is 8.18. The smallest absolute Gasteiger partial charge is 0.406 e. The van der Waals surface area contributed by atoms with Crippen molar-refractivity contribution in [2.75, 3.05) is 6.54 Å². The Bertz CT molecular complexity index is 881. The van der Waals surface area contributed by atoms with E-state index >= 15 is 0 Å². The summed E-state index contributed by atoms with van der Waals surface area (Å²) in [4.78, 5) is -0.219. The predicted molar refractivity (Wildman–Crippen MR) is 91.4 cm³/mol. The molecule has 2 aromatic carbocycles. The van der Waals surface area contributed by atoms with Crippen LogP contribution in [0.1, 0.15) is 18.4 Å². The standard InChI is InChI=1S/C18H18F3NO4S/c19-18(20,21)26-15-8-10-16(11-9-15)27(24,25)22-12-17(23,14-6-7-14)13-4-2-1-3-5-13/h1-5,8-11,14,22-23H,6-7,12H2/t17-/m0/s1. The van der Waals surface area contributed by atoms with Crippen LogP contribution in [0.4, 0.5) is 13.2 Å². The van der Waals surface area contributed by atoms with Gasteiger partial charge in [-0.1, -0.05) is 30.3 Å². The first-order valence-electron chi connectivity index (χ1n) is 8.23. The van der Waals surface area contributed by atoms with E-state index in [0.29, 0.717) is 5.56 Å². The van der Waals surface area contributed by atoms with E-state index in [9.17, 15) is 26.7 Å². The fraction of sp³-hybridized carbons (Fsp3) is 0.333. The summed E-state index contributed by atoms with van der Waals surface area (Å²) < 4.78 is 67.6. The van der Waals surface area contributed by atoms with Gasteiger partial charge in [-0.3, -0.25) is 0 Å². The van der Waals surface area contributed by atoms with E-state index < -0.39 is 27.7 Å². The lowest BCUT2D eigenvalue weighted by Gasteiger charge is -2.29. The lowest BCUT2D eigenvalue weighted by molar-refractivity contribution is -0.274. The molecule has 0 saturated heterocycles. The number of nitrogens with one attached hydrogen (secondary N) is 1. The molecule has 0 bridgehead atoms. The second-order valence-electron chi connectivity index (χ2n) is 6.41. The highest BCUT2D eigenvalue weighted by atomic mass is 32.2. The quantitative estimate of drug-likeness (QED) is 0.747. The van der Waals surface area contributed by atoms with Gasteiger partial charge in [-0.05, 0) is 48.6 Å². The van der Waals surface area contributed by atoms with Crippen molar-refractivity contribution in [3.63, 3.8) is 0 Å². The third-order valence-corrected chi connectivity index (χ3v) is 5.84. The van der Waals surface area contributed by atoms with Crippen LogP contribution in [0.5, 0.6) is 5.75 Å². The van der Waals surface area contributed by atoms with Gasteiger partial charge in [-0.15, -0.1) is 13.2 Å². The number of hydrogen-bond acceptors (Lipinski definition) is 4. The first-order chi connectivity index (χ1) is 12.6. The molecule has 0 aliphatic heterocycles. The fourth-order valence-electron chi connectivity index (χ4n) is 2.88. The van der Waals surface area contributed by atoms with Crippen molar-refractivity contribution in [2.24, 2.45) is 5.92 Å². The molecule has 0 heterocycles. The number of sulfonamides is 1. The maximum absolute atomic E-state index is 12.5. The molecule has 2 aromatic rings. The first kappa shape index (κ1) is 19.7. The largest absolute Gasteiger partial charge is 0.573 e. The zero-order valence-corrected chi connectivity index (χ0v) is 14.9. The molecule has 0 amide bonds. The van der Waals surface area contributed by atoms with Crippen LogP contribution in [0, 0.1) is 5.92 Å². The Kier molecular flexibility index (Phi) is 5.20. The van der Waals surface area contributed by atoms with Gasteiger partial charge >= 0.3 is 6.36 Å². The van der Waals surface area contributed by atoms with Crippen LogP contribution in [-0.4, -0.2) is 26.4 Å². The third-order valence-electron chi connectivity index (χ3n) is 4.43. The van der Waals surface area contributed by atoms with Crippen LogP contribution in [-0.2, 0) is 15.6 Å². The van der Waals surface area contributed by atoms with Gasteiger partial charge in [0.15, 0.2) is 0 Å². The lowest BCUT2D eigenvalue weighted by Crippen LogP contribution is -2.42. The molecular formula is C18H18F3NO4S. The summed E-state index contributed by atoms with van der Waals surface area (Å²) in [7, 11) is -4.01. The van der Waals surface area contributed by atoms with Gasteiger partial charge in [0.1, 0.15) is 11.4 Å². The summed E-state index contributed by atoms with van der Waals surface area (Å²) in [6.07, 6.45) is -3.28. The van der Waals surface area contributed by atoms with Crippen LogP contribution in [0.2, 0.25) is 0 Å². The Balaban J connectivity index is 1.74. The van der Waals surface area contributed by atoms with Gasteiger partial charge in [0.05, 0.1) is 4.90 Å². The molecule has 0 radical (unpaired) electrons. The van der Waals surface area contributed by atoms with Gasteiger partial charge in [-0.2, -0.15) is 0 Å². The topological polar surface area (TPSA) is 75.6 Å². The molecule has 1 fully saturated rings. The van der Waals surface area contributed by atoms with E-state index in [-0.39, 0.29) is 17.4 Å². The molecule has 1 atom stereocenters. The van der Waals surface area contributed by atoms with E-state index in [0.717, 1.165) is 37.1 Å². The van der Waals surface area contributed by atoms with Gasteiger partial charge in [0, 0.05) is 6.54 Å². The highest BCUT2D eigenvalue weighted by Gasteiger charge is 2.45. The minimum Gasteiger partial charge on any atom is -0.406 e. The van der Waals surface area contributed by atoms with Crippen molar-refractivity contribution >= 4 is 10.0 Å². The molecule has 5 nitrogen and oxygen atoms in total. The monoisotopic (exact) mass is 401 g/mol. The molecule has 0 spiro atoms. The van der Waals surface area contributed by atoms with Gasteiger partial charge in [0.2, 0.25) is 10.0 Å². The average molecular weight is 401 g/mol. The maximum atomic E-state index is 12.5. The van der Waals surface area contributed by atoms with Crippen LogP contribution in [0.3, 0.4) is 0 Å². The summed E-state index contributed by atoms with van der Waals surface area (Å²) in [6.45, 7) is -0.231. The minimum atomic E-state index is -4.85. The highest BCUT2D eigenvalue weighted by molar-refractivity contribution is 7.89. The first-order valence-corrected chi connectivity index (χ1v) is 9.72. The lowest BCUT2D eigenvalue weighted by atomic mass is 9.89. The number of hydrogen-bond donors (Lipinski definition) is 2. The van der Waals surface area contributed by atoms with Crippen molar-refractivity contribution in [2.45, 2.75) is 29.7 Å². The normalized spacial score (nSPS) is 17.3. The number of rotatable bonds is 7. The molecule has 0 unspecified atom stereocenters. The summed E-state index contributed by atoms with van der Waals surface area (Å²) in [5, 5.41) is 11.0. The van der Waals surface area contributed by atoms with Gasteiger partial charge in [0.25, 0.3) is 0 Å². The summed E-state index contributed by atoms with van der Waals surface area (Å²) in [6, 6.07) is 12.7. The van der Waals surface area contributed by atoms with E-state index in [2.05, 4.69) is 9.46 Å². The van der Waals surface area contributed by atoms with Crippen molar-refractivity contribution < 1.29 is 31.4 Å². The zero-order chi connectivity index (χ0) is 19.7. The number of halogens is 3. The Hall–Kier alpha value is -2.10. The fourth-order valence-corrected chi connectivity index (χ4v) is 3.95. The Labute approximate surface area is 154 Å². The zero-order valence-electron chi connectivity index (χ0n) is 14.1. The number of alkyl halides is 3. The number of aliphatic hydroxyl groups is 1. The Morgan fingerprint density at radius 2 is 1.63 bits per heavy atom. The number of ether oxygens (including phenoxy) is 1. The van der Waals surface area contributed by atoms with E-state index in [1.807, 2.05) is 0 Å². The van der Waals surface area contributed by atoms with Gasteiger partial charge < -0.3 is 9.84 Å². The van der Waals surface area contributed by atoms with Crippen molar-refractivity contribution in [1.82, 2.24) is 4.72 Å². The minimum absolute atomic E-state index is 0.0508. The summed E-state index contributed by atoms with van der Waals surface area (Å²) in [5.41, 5.74) is -0.725. The van der Waals surface area contributed by atoms with E-state index in [1.165, 1.54) is 0 Å². The molecular weight excluding hydrogens is 383 g/mol. The van der Waals surface area contributed by atoms with Crippen LogP contribution in [0.15, 0.2) is 59.5 Å². The molecule has 27 heavy (non-hydrogen) atoms. The molecule has 0 aromatic heterocycles. The van der Waals surface area contributed by atoms with Crippen molar-refractivity contribution in [3.05, 3.63) is 60.2 Å². The molecule has 1 aliphatic carbocycles. The molecule has 3 rings (SSSR count). The van der Waals surface area contributed by atoms with Gasteiger partial charge in [-0.25, -0.2) is 13.1 Å². The van der Waals surface area contributed by atoms with E-state index in [1.54, 1.807) is 30.3 Å². The predicted octanol–water partition coefficient (Wildman–Crippen LogP) is 3.16. The molecule has 2 N–H and O–H groups in total. The molecule has 9 heteroatoms. The molecule has 146 valence electrons. The average Bonchev–Trinajstić information content (AvgIpc) is 3.45. The Morgan fingerprint density at radius 1 is 1.04 bits per heavy atom. The van der Waals surface area contributed by atoms with Crippen molar-refractivity contribution in [3.8, 4) is 5.75 Å². The molecule has 1 saturated carbocycles. The van der Waals surface area contributed by atoms with Crippen molar-refractivity contribution in [1.29, 1.82) is 0 Å². The van der Waals surface area contributed by atoms with Crippen LogP contribution < -0.4 is 9.46 Å². The summed E-state index contributed by atoms with van der Waals surface area (Å²) in [5.74, 6) is -0.564. The third kappa shape index (κ3) is 4.79. The maximum Gasteiger partial charge on any atom is 0.573 e. The summed E-state index contributed by atoms with van der Waals surface area (Å²) >= 11 is 0. The highest BCUT2D eigenvalue weighted by Crippen LogP contribution is 2.45. The SMILES string of the molecule is O=S(=O)(NC[C@](O)(c1ccccc1)C1CC1)c1ccc(OC(F)(F)F)cc1. The van der Waals surface area contributed by atoms with Crippen LogP contribution in [0.25, 0.3) is 0 Å². The Morgan fingerprint density at radius 3 is 2.15 bits per heavy atom. The second kappa shape index (κ2) is 7.14. The van der Waals surface area contributed by atoms with E-state index in [4.69, 9.17) is 0 Å². The molecule has 1 aliphatic rings. The van der Waals surface area contributed by atoms with Crippen LogP contribution >= 0.6 is 0 Å². The number of benzene rings is 2.